The lowest BCUT2D eigenvalue weighted by molar-refractivity contribution is -0.136. The number of rotatable bonds is 5. The van der Waals surface area contributed by atoms with Crippen LogP contribution >= 0.6 is 0 Å². The summed E-state index contributed by atoms with van der Waals surface area (Å²) in [5, 5.41) is 8.65. The number of ether oxygens (including phenoxy) is 1. The fourth-order valence-electron chi connectivity index (χ4n) is 1.47. The van der Waals surface area contributed by atoms with Crippen LogP contribution in [0.25, 0.3) is 0 Å². The Morgan fingerprint density at radius 2 is 2.19 bits per heavy atom. The van der Waals surface area contributed by atoms with Gasteiger partial charge < -0.3 is 15.6 Å². The van der Waals surface area contributed by atoms with E-state index in [9.17, 15) is 4.79 Å². The second kappa shape index (κ2) is 5.29. The number of methoxy groups -OCH3 is 1. The Morgan fingerprint density at radius 1 is 1.50 bits per heavy atom. The molecule has 0 fully saturated rings. The molecule has 1 aromatic heterocycles. The van der Waals surface area contributed by atoms with Crippen molar-refractivity contribution in [2.75, 3.05) is 12.8 Å². The summed E-state index contributed by atoms with van der Waals surface area (Å²) >= 11 is 0. The summed E-state index contributed by atoms with van der Waals surface area (Å²) < 4.78 is 5.08. The summed E-state index contributed by atoms with van der Waals surface area (Å²) in [7, 11) is 1.48. The number of aliphatic carboxylic acids is 1. The first-order valence-electron chi connectivity index (χ1n) is 4.99. The molecule has 3 N–H and O–H groups in total. The van der Waals surface area contributed by atoms with E-state index in [-0.39, 0.29) is 12.4 Å². The average molecular weight is 225 g/mol. The molecule has 0 radical (unpaired) electrons. The molecule has 1 aromatic rings. The summed E-state index contributed by atoms with van der Waals surface area (Å²) in [6.07, 6.45) is 1.04. The van der Waals surface area contributed by atoms with Crippen LogP contribution in [0, 0.1) is 0 Å². The number of anilines is 1. The van der Waals surface area contributed by atoms with Gasteiger partial charge in [-0.15, -0.1) is 0 Å². The van der Waals surface area contributed by atoms with Gasteiger partial charge >= 0.3 is 5.97 Å². The number of aromatic nitrogens is 2. The minimum absolute atomic E-state index is 0.0244. The van der Waals surface area contributed by atoms with E-state index in [1.165, 1.54) is 7.11 Å². The van der Waals surface area contributed by atoms with E-state index in [2.05, 4.69) is 9.97 Å². The van der Waals surface area contributed by atoms with Gasteiger partial charge in [0.15, 0.2) is 0 Å². The van der Waals surface area contributed by atoms with Gasteiger partial charge in [-0.3, -0.25) is 4.79 Å². The number of hydrogen-bond donors (Lipinski definition) is 2. The lowest BCUT2D eigenvalue weighted by atomic mass is 10.1. The maximum absolute atomic E-state index is 10.5. The smallest absolute Gasteiger partial charge is 0.303 e. The second-order valence-electron chi connectivity index (χ2n) is 3.26. The molecule has 16 heavy (non-hydrogen) atoms. The first-order valence-corrected chi connectivity index (χ1v) is 4.99. The molecule has 0 aliphatic rings. The standard InChI is InChI=1S/C10H15N3O3/c1-3-7-6(4-5-8(14)15)9(16-2)13-10(11)12-7/h3-5H2,1-2H3,(H,14,15)(H2,11,12,13). The van der Waals surface area contributed by atoms with Gasteiger partial charge in [-0.25, -0.2) is 4.98 Å². The Labute approximate surface area is 93.5 Å². The van der Waals surface area contributed by atoms with Crippen LogP contribution < -0.4 is 10.5 Å². The molecule has 0 aliphatic carbocycles. The van der Waals surface area contributed by atoms with Crippen molar-refractivity contribution in [1.29, 1.82) is 0 Å². The van der Waals surface area contributed by atoms with Crippen LogP contribution in [0.4, 0.5) is 5.95 Å². The molecule has 88 valence electrons. The number of carboxylic acids is 1. The lowest BCUT2D eigenvalue weighted by Crippen LogP contribution is -2.09. The normalized spacial score (nSPS) is 10.1. The van der Waals surface area contributed by atoms with Crippen LogP contribution in [-0.4, -0.2) is 28.2 Å². The lowest BCUT2D eigenvalue weighted by Gasteiger charge is -2.11. The third-order valence-corrected chi connectivity index (χ3v) is 2.19. The molecule has 6 nitrogen and oxygen atoms in total. The Hall–Kier alpha value is -1.85. The Morgan fingerprint density at radius 3 is 2.69 bits per heavy atom. The summed E-state index contributed by atoms with van der Waals surface area (Å²) in [5.74, 6) is -0.348. The molecule has 0 aliphatic heterocycles. The van der Waals surface area contributed by atoms with Crippen LogP contribution in [0.15, 0.2) is 0 Å². The first-order chi connectivity index (χ1) is 7.58. The van der Waals surface area contributed by atoms with Crippen LogP contribution in [-0.2, 0) is 17.6 Å². The van der Waals surface area contributed by atoms with Crippen LogP contribution in [0.3, 0.4) is 0 Å². The number of hydrogen-bond acceptors (Lipinski definition) is 5. The number of nitrogens with zero attached hydrogens (tertiary/aromatic N) is 2. The zero-order valence-corrected chi connectivity index (χ0v) is 9.36. The fourth-order valence-corrected chi connectivity index (χ4v) is 1.47. The second-order valence-corrected chi connectivity index (χ2v) is 3.26. The summed E-state index contributed by atoms with van der Waals surface area (Å²) in [4.78, 5) is 18.5. The number of carbonyl (C=O) groups is 1. The molecule has 6 heteroatoms. The average Bonchev–Trinajstić information content (AvgIpc) is 2.25. The monoisotopic (exact) mass is 225 g/mol. The van der Waals surface area contributed by atoms with Gasteiger partial charge in [0.2, 0.25) is 11.8 Å². The molecule has 0 unspecified atom stereocenters. The van der Waals surface area contributed by atoms with Crippen LogP contribution in [0.2, 0.25) is 0 Å². The molecular formula is C10H15N3O3. The van der Waals surface area contributed by atoms with Crippen molar-refractivity contribution in [3.63, 3.8) is 0 Å². The maximum Gasteiger partial charge on any atom is 0.303 e. The quantitative estimate of drug-likeness (QED) is 0.763. The Bertz CT molecular complexity index is 368. The van der Waals surface area contributed by atoms with Crippen molar-refractivity contribution >= 4 is 11.9 Å². The summed E-state index contributed by atoms with van der Waals surface area (Å²) in [6, 6.07) is 0. The Kier molecular flexibility index (Phi) is 4.04. The predicted molar refractivity (Wildman–Crippen MR) is 58.3 cm³/mol. The van der Waals surface area contributed by atoms with Gasteiger partial charge in [0.05, 0.1) is 12.8 Å². The van der Waals surface area contributed by atoms with E-state index in [1.807, 2.05) is 6.92 Å². The molecule has 1 rings (SSSR count). The van der Waals surface area contributed by atoms with Crippen molar-refractivity contribution in [1.82, 2.24) is 9.97 Å². The molecule has 0 saturated carbocycles. The van der Waals surface area contributed by atoms with E-state index in [0.29, 0.717) is 18.7 Å². The molecule has 0 bridgehead atoms. The van der Waals surface area contributed by atoms with E-state index < -0.39 is 5.97 Å². The highest BCUT2D eigenvalue weighted by molar-refractivity contribution is 5.67. The minimum Gasteiger partial charge on any atom is -0.481 e. The van der Waals surface area contributed by atoms with Crippen molar-refractivity contribution in [3.05, 3.63) is 11.3 Å². The van der Waals surface area contributed by atoms with E-state index in [1.54, 1.807) is 0 Å². The van der Waals surface area contributed by atoms with E-state index in [0.717, 1.165) is 11.3 Å². The van der Waals surface area contributed by atoms with E-state index >= 15 is 0 Å². The van der Waals surface area contributed by atoms with Gasteiger partial charge in [-0.2, -0.15) is 4.98 Å². The Balaban J connectivity index is 3.06. The predicted octanol–water partition coefficient (Wildman–Crippen LogP) is 0.647. The molecule has 0 atom stereocenters. The largest absolute Gasteiger partial charge is 0.481 e. The molecule has 0 spiro atoms. The number of aryl methyl sites for hydroxylation is 1. The minimum atomic E-state index is -0.860. The zero-order chi connectivity index (χ0) is 12.1. The number of nitrogens with two attached hydrogens (primary N) is 1. The molecular weight excluding hydrogens is 210 g/mol. The van der Waals surface area contributed by atoms with Crippen molar-refractivity contribution < 1.29 is 14.6 Å². The summed E-state index contributed by atoms with van der Waals surface area (Å²) in [6.45, 7) is 1.92. The van der Waals surface area contributed by atoms with Crippen molar-refractivity contribution in [2.45, 2.75) is 26.2 Å². The van der Waals surface area contributed by atoms with Gasteiger partial charge in [0.25, 0.3) is 0 Å². The van der Waals surface area contributed by atoms with Gasteiger partial charge in [-0.1, -0.05) is 6.92 Å². The van der Waals surface area contributed by atoms with Crippen LogP contribution in [0.1, 0.15) is 24.6 Å². The third kappa shape index (κ3) is 2.82. The van der Waals surface area contributed by atoms with Crippen molar-refractivity contribution in [3.8, 4) is 5.88 Å². The molecule has 1 heterocycles. The van der Waals surface area contributed by atoms with Crippen molar-refractivity contribution in [2.24, 2.45) is 0 Å². The third-order valence-electron chi connectivity index (χ3n) is 2.19. The SMILES string of the molecule is CCc1nc(N)nc(OC)c1CCC(=O)O. The highest BCUT2D eigenvalue weighted by atomic mass is 16.5. The topological polar surface area (TPSA) is 98.3 Å². The molecule has 0 amide bonds. The molecule has 0 aromatic carbocycles. The first kappa shape index (κ1) is 12.2. The van der Waals surface area contributed by atoms with E-state index in [4.69, 9.17) is 15.6 Å². The van der Waals surface area contributed by atoms with Crippen LogP contribution in [0.5, 0.6) is 5.88 Å². The fraction of sp³-hybridized carbons (Fsp3) is 0.500. The number of carboxylic acid groups (broad SMARTS) is 1. The van der Waals surface area contributed by atoms with Gasteiger partial charge in [-0.05, 0) is 12.8 Å². The maximum atomic E-state index is 10.5. The van der Waals surface area contributed by atoms with Gasteiger partial charge in [0, 0.05) is 12.0 Å². The molecule has 0 saturated heterocycles. The highest BCUT2D eigenvalue weighted by Crippen LogP contribution is 2.21. The van der Waals surface area contributed by atoms with Gasteiger partial charge in [0.1, 0.15) is 0 Å². The number of nitrogen functional groups attached to an aromatic ring is 1. The summed E-state index contributed by atoms with van der Waals surface area (Å²) in [5.41, 5.74) is 6.98. The zero-order valence-electron chi connectivity index (χ0n) is 9.36. The highest BCUT2D eigenvalue weighted by Gasteiger charge is 2.14.